The van der Waals surface area contributed by atoms with Crippen LogP contribution < -0.4 is 15.5 Å². The van der Waals surface area contributed by atoms with E-state index in [1.54, 1.807) is 16.8 Å². The van der Waals surface area contributed by atoms with E-state index in [0.717, 1.165) is 36.4 Å². The van der Waals surface area contributed by atoms with E-state index >= 15 is 0 Å². The lowest BCUT2D eigenvalue weighted by Gasteiger charge is -2.23. The monoisotopic (exact) mass is 288 g/mol. The van der Waals surface area contributed by atoms with E-state index in [4.69, 9.17) is 5.73 Å². The van der Waals surface area contributed by atoms with Crippen LogP contribution in [0.5, 0.6) is 0 Å². The van der Waals surface area contributed by atoms with Gasteiger partial charge in [-0.2, -0.15) is 0 Å². The summed E-state index contributed by atoms with van der Waals surface area (Å²) in [6.07, 6.45) is 0.938. The molecule has 2 N–H and O–H groups in total. The van der Waals surface area contributed by atoms with Gasteiger partial charge in [-0.1, -0.05) is 6.07 Å². The van der Waals surface area contributed by atoms with Gasteiger partial charge in [0.05, 0.1) is 12.2 Å². The smallest absolute Gasteiger partial charge is 0.248 e. The van der Waals surface area contributed by atoms with Gasteiger partial charge in [-0.05, 0) is 18.6 Å². The van der Waals surface area contributed by atoms with Gasteiger partial charge in [-0.3, -0.25) is 9.59 Å². The molecule has 2 aliphatic rings. The number of amides is 2. The molecular formula is C15H20N4O2. The maximum Gasteiger partial charge on any atom is 0.248 e. The number of hydrogen-bond acceptors (Lipinski definition) is 4. The SMILES string of the molecule is CN1CCCN(c2ccc3c(c2)N(C)C(=O)C3N)CC1=O. The van der Waals surface area contributed by atoms with E-state index < -0.39 is 6.04 Å². The Morgan fingerprint density at radius 1 is 1.19 bits per heavy atom. The maximum absolute atomic E-state index is 12.0. The molecule has 0 spiro atoms. The van der Waals surface area contributed by atoms with Crippen molar-refractivity contribution in [2.24, 2.45) is 5.73 Å². The molecule has 0 aromatic heterocycles. The van der Waals surface area contributed by atoms with Crippen LogP contribution in [-0.2, 0) is 9.59 Å². The first-order chi connectivity index (χ1) is 9.99. The average molecular weight is 288 g/mol. The highest BCUT2D eigenvalue weighted by Gasteiger charge is 2.33. The summed E-state index contributed by atoms with van der Waals surface area (Å²) >= 11 is 0. The molecular weight excluding hydrogens is 268 g/mol. The number of hydrogen-bond donors (Lipinski definition) is 1. The van der Waals surface area contributed by atoms with Gasteiger partial charge in [-0.15, -0.1) is 0 Å². The molecule has 1 saturated heterocycles. The lowest BCUT2D eigenvalue weighted by atomic mass is 10.1. The molecule has 21 heavy (non-hydrogen) atoms. The van der Waals surface area contributed by atoms with Crippen molar-refractivity contribution in [3.05, 3.63) is 23.8 Å². The summed E-state index contributed by atoms with van der Waals surface area (Å²) in [6, 6.07) is 5.23. The summed E-state index contributed by atoms with van der Waals surface area (Å²) in [5.41, 5.74) is 8.57. The standard InChI is InChI=1S/C15H20N4O2/c1-17-6-3-7-19(9-13(17)20)10-4-5-11-12(8-10)18(2)15(21)14(11)16/h4-5,8,14H,3,6-7,9,16H2,1-2H3. The fraction of sp³-hybridized carbons (Fsp3) is 0.467. The maximum atomic E-state index is 12.0. The molecule has 3 rings (SSSR count). The lowest BCUT2D eigenvalue weighted by molar-refractivity contribution is -0.128. The van der Waals surface area contributed by atoms with Crippen LogP contribution in [0.15, 0.2) is 18.2 Å². The Bertz CT molecular complexity index is 601. The molecule has 2 aliphatic heterocycles. The van der Waals surface area contributed by atoms with Gasteiger partial charge in [0.2, 0.25) is 11.8 Å². The molecule has 1 aromatic carbocycles. The number of fused-ring (bicyclic) bond motifs is 1. The number of benzene rings is 1. The molecule has 2 amide bonds. The van der Waals surface area contributed by atoms with E-state index in [1.807, 2.05) is 25.2 Å². The van der Waals surface area contributed by atoms with Gasteiger partial charge >= 0.3 is 0 Å². The van der Waals surface area contributed by atoms with Crippen LogP contribution in [0, 0.1) is 0 Å². The molecule has 0 aliphatic carbocycles. The number of nitrogens with zero attached hydrogens (tertiary/aromatic N) is 3. The van der Waals surface area contributed by atoms with E-state index in [-0.39, 0.29) is 11.8 Å². The zero-order valence-electron chi connectivity index (χ0n) is 12.4. The van der Waals surface area contributed by atoms with E-state index in [1.165, 1.54) is 0 Å². The number of carbonyl (C=O) groups excluding carboxylic acids is 2. The lowest BCUT2D eigenvalue weighted by Crippen LogP contribution is -2.34. The third-order valence-electron chi connectivity index (χ3n) is 4.35. The fourth-order valence-corrected chi connectivity index (χ4v) is 2.95. The zero-order valence-corrected chi connectivity index (χ0v) is 12.4. The van der Waals surface area contributed by atoms with E-state index in [9.17, 15) is 9.59 Å². The van der Waals surface area contributed by atoms with Crippen molar-refractivity contribution < 1.29 is 9.59 Å². The van der Waals surface area contributed by atoms with E-state index in [2.05, 4.69) is 4.90 Å². The topological polar surface area (TPSA) is 69.9 Å². The van der Waals surface area contributed by atoms with Crippen molar-refractivity contribution in [2.45, 2.75) is 12.5 Å². The Labute approximate surface area is 124 Å². The Morgan fingerprint density at radius 2 is 1.95 bits per heavy atom. The van der Waals surface area contributed by atoms with Gasteiger partial charge in [-0.25, -0.2) is 0 Å². The van der Waals surface area contributed by atoms with Crippen molar-refractivity contribution in [1.29, 1.82) is 0 Å². The highest BCUT2D eigenvalue weighted by Crippen LogP contribution is 2.36. The van der Waals surface area contributed by atoms with Crippen molar-refractivity contribution in [3.8, 4) is 0 Å². The third kappa shape index (κ3) is 2.25. The minimum absolute atomic E-state index is 0.0890. The Hall–Kier alpha value is -2.08. The Kier molecular flexibility index (Phi) is 3.33. The molecule has 0 saturated carbocycles. The van der Waals surface area contributed by atoms with Crippen LogP contribution in [0.2, 0.25) is 0 Å². The Morgan fingerprint density at radius 3 is 2.71 bits per heavy atom. The molecule has 6 nitrogen and oxygen atoms in total. The minimum Gasteiger partial charge on any atom is -0.362 e. The second-order valence-electron chi connectivity index (χ2n) is 5.71. The predicted octanol–water partition coefficient (Wildman–Crippen LogP) is 0.331. The first kappa shape index (κ1) is 13.9. The number of anilines is 2. The molecule has 1 fully saturated rings. The number of nitrogens with two attached hydrogens (primary N) is 1. The number of likely N-dealkylation sites (N-methyl/N-ethyl adjacent to an activating group) is 2. The molecule has 1 unspecified atom stereocenters. The van der Waals surface area contributed by atoms with Crippen LogP contribution in [-0.4, -0.2) is 50.4 Å². The summed E-state index contributed by atoms with van der Waals surface area (Å²) < 4.78 is 0. The minimum atomic E-state index is -0.573. The van der Waals surface area contributed by atoms with E-state index in [0.29, 0.717) is 6.54 Å². The van der Waals surface area contributed by atoms with Crippen molar-refractivity contribution in [2.75, 3.05) is 43.5 Å². The summed E-state index contributed by atoms with van der Waals surface area (Å²) in [6.45, 7) is 1.99. The molecule has 1 aromatic rings. The van der Waals surface area contributed by atoms with Crippen molar-refractivity contribution in [3.63, 3.8) is 0 Å². The predicted molar refractivity (Wildman–Crippen MR) is 81.2 cm³/mol. The highest BCUT2D eigenvalue weighted by atomic mass is 16.2. The van der Waals surface area contributed by atoms with Crippen LogP contribution >= 0.6 is 0 Å². The molecule has 112 valence electrons. The second-order valence-corrected chi connectivity index (χ2v) is 5.71. The Balaban J connectivity index is 1.91. The average Bonchev–Trinajstić information content (AvgIpc) is 2.62. The van der Waals surface area contributed by atoms with Gasteiger partial charge < -0.3 is 20.4 Å². The quantitative estimate of drug-likeness (QED) is 0.808. The summed E-state index contributed by atoms with van der Waals surface area (Å²) in [7, 11) is 3.57. The molecule has 6 heteroatoms. The van der Waals surface area contributed by atoms with Gasteiger partial charge in [0, 0.05) is 38.4 Å². The summed E-state index contributed by atoms with van der Waals surface area (Å²) in [4.78, 5) is 29.3. The van der Waals surface area contributed by atoms with Crippen LogP contribution in [0.1, 0.15) is 18.0 Å². The zero-order chi connectivity index (χ0) is 15.1. The van der Waals surface area contributed by atoms with Crippen LogP contribution in [0.4, 0.5) is 11.4 Å². The summed E-state index contributed by atoms with van der Waals surface area (Å²) in [5.74, 6) is 0.0305. The second kappa shape index (κ2) is 5.04. The molecule has 2 heterocycles. The summed E-state index contributed by atoms with van der Waals surface area (Å²) in [5, 5.41) is 0. The number of carbonyl (C=O) groups is 2. The fourth-order valence-electron chi connectivity index (χ4n) is 2.95. The highest BCUT2D eigenvalue weighted by molar-refractivity contribution is 6.04. The van der Waals surface area contributed by atoms with Gasteiger partial charge in [0.25, 0.3) is 0 Å². The van der Waals surface area contributed by atoms with Crippen LogP contribution in [0.3, 0.4) is 0 Å². The van der Waals surface area contributed by atoms with Gasteiger partial charge in [0.1, 0.15) is 6.04 Å². The van der Waals surface area contributed by atoms with Crippen molar-refractivity contribution in [1.82, 2.24) is 4.90 Å². The normalized spacial score (nSPS) is 22.6. The molecule has 0 bridgehead atoms. The molecule has 1 atom stereocenters. The first-order valence-electron chi connectivity index (χ1n) is 7.15. The van der Waals surface area contributed by atoms with Crippen molar-refractivity contribution >= 4 is 23.2 Å². The third-order valence-corrected chi connectivity index (χ3v) is 4.35. The number of rotatable bonds is 1. The van der Waals surface area contributed by atoms with Crippen LogP contribution in [0.25, 0.3) is 0 Å². The van der Waals surface area contributed by atoms with Gasteiger partial charge in [0.15, 0.2) is 0 Å². The largest absolute Gasteiger partial charge is 0.362 e. The first-order valence-corrected chi connectivity index (χ1v) is 7.15. The molecule has 0 radical (unpaired) electrons.